The highest BCUT2D eigenvalue weighted by Crippen LogP contribution is 2.26. The summed E-state index contributed by atoms with van der Waals surface area (Å²) in [6.45, 7) is 0.0587. The Morgan fingerprint density at radius 3 is 2.48 bits per heavy atom. The maximum absolute atomic E-state index is 14.6. The van der Waals surface area contributed by atoms with Gasteiger partial charge >= 0.3 is 0 Å². The normalized spacial score (nSPS) is 20.0. The Balaban J connectivity index is 1.20. The van der Waals surface area contributed by atoms with Gasteiger partial charge in [0.25, 0.3) is 5.91 Å². The molecule has 3 heterocycles. The van der Waals surface area contributed by atoms with Crippen LogP contribution in [-0.2, 0) is 32.1 Å². The molecule has 0 unspecified atom stereocenters. The van der Waals surface area contributed by atoms with Crippen LogP contribution in [0.4, 0.5) is 4.39 Å². The summed E-state index contributed by atoms with van der Waals surface area (Å²) in [6, 6.07) is 18.8. The molecule has 12 nitrogen and oxygen atoms in total. The number of aromatic nitrogens is 1. The molecule has 1 fully saturated rings. The molecular formula is C39H41FN6O6. The number of rotatable bonds is 6. The number of carbonyl (C=O) groups is 5. The van der Waals surface area contributed by atoms with Crippen LogP contribution in [0.2, 0.25) is 0 Å². The van der Waals surface area contributed by atoms with Gasteiger partial charge in [-0.2, -0.15) is 0 Å². The van der Waals surface area contributed by atoms with E-state index in [1.807, 2.05) is 42.5 Å². The molecule has 4 aromatic rings. The molecule has 0 radical (unpaired) electrons. The first-order valence-corrected chi connectivity index (χ1v) is 17.2. The number of fused-ring (bicyclic) bond motifs is 3. The van der Waals surface area contributed by atoms with E-state index in [-0.39, 0.29) is 68.6 Å². The minimum Gasteiger partial charge on any atom is -0.491 e. The van der Waals surface area contributed by atoms with E-state index in [0.717, 1.165) is 28.0 Å². The molecule has 6 rings (SSSR count). The van der Waals surface area contributed by atoms with Crippen LogP contribution in [0, 0.1) is 5.82 Å². The van der Waals surface area contributed by atoms with Crippen LogP contribution >= 0.6 is 0 Å². The molecule has 0 bridgehead atoms. The number of benzene rings is 3. The Kier molecular flexibility index (Phi) is 11.1. The van der Waals surface area contributed by atoms with E-state index < -0.39 is 41.7 Å². The highest BCUT2D eigenvalue weighted by Gasteiger charge is 2.38. The van der Waals surface area contributed by atoms with E-state index in [9.17, 15) is 28.4 Å². The van der Waals surface area contributed by atoms with E-state index >= 15 is 0 Å². The summed E-state index contributed by atoms with van der Waals surface area (Å²) in [5, 5.41) is 7.98. The van der Waals surface area contributed by atoms with Crippen molar-refractivity contribution >= 4 is 40.3 Å². The molecule has 1 saturated heterocycles. The average molecular weight is 709 g/mol. The van der Waals surface area contributed by atoms with Crippen LogP contribution < -0.4 is 15.4 Å². The molecule has 13 heteroatoms. The fourth-order valence-corrected chi connectivity index (χ4v) is 6.75. The van der Waals surface area contributed by atoms with Crippen LogP contribution in [0.15, 0.2) is 85.2 Å². The first-order chi connectivity index (χ1) is 25.0. The number of amides is 5. The van der Waals surface area contributed by atoms with Crippen molar-refractivity contribution < 1.29 is 33.1 Å². The predicted octanol–water partition coefficient (Wildman–Crippen LogP) is 3.09. The number of pyridine rings is 1. The lowest BCUT2D eigenvalue weighted by molar-refractivity contribution is -0.140. The van der Waals surface area contributed by atoms with E-state index in [2.05, 4.69) is 15.6 Å². The monoisotopic (exact) mass is 708 g/mol. The van der Waals surface area contributed by atoms with Crippen molar-refractivity contribution in [1.29, 1.82) is 0 Å². The third-order valence-corrected chi connectivity index (χ3v) is 9.62. The fourth-order valence-electron chi connectivity index (χ4n) is 6.75. The lowest BCUT2D eigenvalue weighted by atomic mass is 10.0. The average Bonchev–Trinajstić information content (AvgIpc) is 3.55. The zero-order valence-electron chi connectivity index (χ0n) is 29.1. The standard InChI is InChI=1S/C39H41FN6O6/c1-44-23-37(49)46-22-30(43-35(47)18-26-7-8-27-5-3-4-6-28(27)17-26)20-31(46)24-52-34-11-9-29(40)19-32(34)39(51)45(2)33(10-12-36(44)48)38(50)42-21-25-13-15-41-16-14-25/h3-9,11,13-17,19,30-31,33H,10,12,18,20-24H2,1-2H3,(H,42,50)(H,43,47)/t30-,31+,33+/m1/s1. The first-order valence-electron chi connectivity index (χ1n) is 17.2. The molecule has 270 valence electrons. The molecule has 3 aromatic carbocycles. The molecule has 2 N–H and O–H groups in total. The van der Waals surface area contributed by atoms with Crippen molar-refractivity contribution in [3.8, 4) is 5.75 Å². The van der Waals surface area contributed by atoms with Crippen molar-refractivity contribution in [2.45, 2.75) is 50.4 Å². The van der Waals surface area contributed by atoms with Gasteiger partial charge in [0, 0.05) is 52.0 Å². The topological polar surface area (TPSA) is 141 Å². The summed E-state index contributed by atoms with van der Waals surface area (Å²) in [4.78, 5) is 75.6. The van der Waals surface area contributed by atoms with Crippen molar-refractivity contribution in [2.24, 2.45) is 0 Å². The third-order valence-electron chi connectivity index (χ3n) is 9.62. The minimum absolute atomic E-state index is 0.0507. The molecule has 52 heavy (non-hydrogen) atoms. The van der Waals surface area contributed by atoms with E-state index in [0.29, 0.717) is 6.42 Å². The number of nitrogens with zero attached hydrogens (tertiary/aromatic N) is 4. The number of hydrogen-bond donors (Lipinski definition) is 2. The second-order valence-corrected chi connectivity index (χ2v) is 13.3. The smallest absolute Gasteiger partial charge is 0.258 e. The lowest BCUT2D eigenvalue weighted by Gasteiger charge is -2.28. The fraction of sp³-hybridized carbons (Fsp3) is 0.333. The maximum Gasteiger partial charge on any atom is 0.258 e. The van der Waals surface area contributed by atoms with Crippen LogP contribution in [-0.4, -0.2) is 101 Å². The largest absolute Gasteiger partial charge is 0.491 e. The van der Waals surface area contributed by atoms with E-state index in [4.69, 9.17) is 4.74 Å². The van der Waals surface area contributed by atoms with Gasteiger partial charge in [0.2, 0.25) is 23.6 Å². The van der Waals surface area contributed by atoms with E-state index in [1.54, 1.807) is 29.4 Å². The minimum atomic E-state index is -1.09. The van der Waals surface area contributed by atoms with Crippen LogP contribution in [0.3, 0.4) is 0 Å². The molecule has 0 spiro atoms. The number of nitrogens with one attached hydrogen (secondary N) is 2. The summed E-state index contributed by atoms with van der Waals surface area (Å²) in [6.07, 6.45) is 3.51. The summed E-state index contributed by atoms with van der Waals surface area (Å²) in [7, 11) is 2.93. The van der Waals surface area contributed by atoms with Crippen molar-refractivity contribution in [1.82, 2.24) is 30.3 Å². The van der Waals surface area contributed by atoms with E-state index in [1.165, 1.54) is 36.0 Å². The summed E-state index contributed by atoms with van der Waals surface area (Å²) >= 11 is 0. The second-order valence-electron chi connectivity index (χ2n) is 13.3. The number of carbonyl (C=O) groups excluding carboxylic acids is 5. The third kappa shape index (κ3) is 8.53. The number of hydrogen-bond acceptors (Lipinski definition) is 7. The van der Waals surface area contributed by atoms with Gasteiger partial charge in [-0.3, -0.25) is 29.0 Å². The SMILES string of the molecule is CN1CC(=O)N2C[C@H](NC(=O)Cc3ccc4ccccc4c3)C[C@H]2COc2ccc(F)cc2C(=O)N(C)[C@H](C(=O)NCc2ccncc2)CCC1=O. The predicted molar refractivity (Wildman–Crippen MR) is 190 cm³/mol. The van der Waals surface area contributed by atoms with Gasteiger partial charge in [-0.1, -0.05) is 42.5 Å². The lowest BCUT2D eigenvalue weighted by Crippen LogP contribution is -2.48. The Labute approximate surface area is 300 Å². The molecule has 2 aliphatic heterocycles. The zero-order valence-corrected chi connectivity index (χ0v) is 29.1. The Morgan fingerprint density at radius 2 is 1.69 bits per heavy atom. The Morgan fingerprint density at radius 1 is 0.923 bits per heavy atom. The van der Waals surface area contributed by atoms with Gasteiger partial charge in [0.1, 0.15) is 24.2 Å². The molecular weight excluding hydrogens is 667 g/mol. The van der Waals surface area contributed by atoms with Gasteiger partial charge in [-0.25, -0.2) is 4.39 Å². The molecule has 0 saturated carbocycles. The quantitative estimate of drug-likeness (QED) is 0.314. The first kappa shape index (κ1) is 36.0. The molecule has 3 atom stereocenters. The zero-order chi connectivity index (χ0) is 36.8. The number of ether oxygens (including phenoxy) is 1. The van der Waals surface area contributed by atoms with Crippen LogP contribution in [0.1, 0.15) is 40.7 Å². The van der Waals surface area contributed by atoms with Gasteiger partial charge in [0.15, 0.2) is 0 Å². The molecule has 1 aromatic heterocycles. The Bertz CT molecular complexity index is 1980. The summed E-state index contributed by atoms with van der Waals surface area (Å²) in [5.74, 6) is -2.71. The maximum atomic E-state index is 14.6. The summed E-state index contributed by atoms with van der Waals surface area (Å²) in [5.41, 5.74) is 1.54. The van der Waals surface area contributed by atoms with Crippen LogP contribution in [0.5, 0.6) is 5.75 Å². The second kappa shape index (κ2) is 16.0. The van der Waals surface area contributed by atoms with Crippen molar-refractivity contribution in [2.75, 3.05) is 33.8 Å². The highest BCUT2D eigenvalue weighted by atomic mass is 19.1. The van der Waals surface area contributed by atoms with Gasteiger partial charge in [0.05, 0.1) is 24.6 Å². The number of halogens is 1. The van der Waals surface area contributed by atoms with Gasteiger partial charge in [-0.05, 0) is 65.1 Å². The highest BCUT2D eigenvalue weighted by molar-refractivity contribution is 5.99. The number of likely N-dealkylation sites (N-methyl/N-ethyl adjacent to an activating group) is 2. The summed E-state index contributed by atoms with van der Waals surface area (Å²) < 4.78 is 20.7. The molecule has 5 amide bonds. The van der Waals surface area contributed by atoms with Crippen molar-refractivity contribution in [3.63, 3.8) is 0 Å². The molecule has 2 aliphatic rings. The Hall–Kier alpha value is -5.85. The molecule has 0 aliphatic carbocycles. The van der Waals surface area contributed by atoms with Gasteiger partial charge < -0.3 is 30.1 Å². The van der Waals surface area contributed by atoms with Gasteiger partial charge in [-0.15, -0.1) is 0 Å². The van der Waals surface area contributed by atoms with Crippen LogP contribution in [0.25, 0.3) is 10.8 Å². The van der Waals surface area contributed by atoms with Crippen molar-refractivity contribution in [3.05, 3.63) is 108 Å².